The molecule has 0 unspecified atom stereocenters. The lowest BCUT2D eigenvalue weighted by Crippen LogP contribution is -1.98. The molecule has 0 saturated carbocycles. The van der Waals surface area contributed by atoms with E-state index in [2.05, 4.69) is 10.3 Å². The van der Waals surface area contributed by atoms with E-state index in [1.165, 1.54) is 12.1 Å². The van der Waals surface area contributed by atoms with Gasteiger partial charge in [-0.15, -0.1) is 0 Å². The predicted octanol–water partition coefficient (Wildman–Crippen LogP) is 2.32. The van der Waals surface area contributed by atoms with Crippen LogP contribution < -0.4 is 0 Å². The smallest absolute Gasteiger partial charge is 0.270 e. The highest BCUT2D eigenvalue weighted by Crippen LogP contribution is 2.22. The molecule has 2 aromatic rings. The van der Waals surface area contributed by atoms with Crippen LogP contribution in [0, 0.1) is 20.2 Å². The van der Waals surface area contributed by atoms with Crippen LogP contribution in [0.2, 0.25) is 0 Å². The van der Waals surface area contributed by atoms with Gasteiger partial charge in [0.05, 0.1) is 22.3 Å². The number of nitrogens with zero attached hydrogens (tertiary/aromatic N) is 4. The molecule has 12 heteroatoms. The summed E-state index contributed by atoms with van der Waals surface area (Å²) < 4.78 is 0. The number of non-ortho nitro benzene ring substituents is 2. The molecular formula is C16H14N4O8. The first-order valence-corrected chi connectivity index (χ1v) is 7.64. The molecule has 146 valence electrons. The minimum absolute atomic E-state index is 0.0373. The number of nitro groups is 2. The van der Waals surface area contributed by atoms with Crippen LogP contribution in [0.4, 0.5) is 11.4 Å². The molecule has 0 aliphatic rings. The fourth-order valence-electron chi connectivity index (χ4n) is 1.89. The summed E-state index contributed by atoms with van der Waals surface area (Å²) in [5.74, 6) is -0.397. The van der Waals surface area contributed by atoms with Gasteiger partial charge >= 0.3 is 0 Å². The van der Waals surface area contributed by atoms with Crippen LogP contribution in [-0.2, 0) is 9.68 Å². The number of nitro benzene ring substituents is 2. The first-order valence-electron chi connectivity index (χ1n) is 7.64. The summed E-state index contributed by atoms with van der Waals surface area (Å²) in [7, 11) is 0. The Hall–Kier alpha value is -4.22. The van der Waals surface area contributed by atoms with Crippen LogP contribution in [0.15, 0.2) is 46.7 Å². The summed E-state index contributed by atoms with van der Waals surface area (Å²) in [5, 5.41) is 47.7. The van der Waals surface area contributed by atoms with Crippen molar-refractivity contribution in [3.63, 3.8) is 0 Å². The molecule has 0 heterocycles. The lowest BCUT2D eigenvalue weighted by atomic mass is 10.2. The SMILES string of the molecule is O=[N+]([O-])c1ccc(O)c(/C=N/OCCO/N=C/c2cc([N+](=O)[O-])ccc2O)c1. The molecule has 0 radical (unpaired) electrons. The average Bonchev–Trinajstić information content (AvgIpc) is 2.66. The monoisotopic (exact) mass is 390 g/mol. The molecule has 0 amide bonds. The van der Waals surface area contributed by atoms with Gasteiger partial charge in [-0.3, -0.25) is 20.2 Å². The molecule has 28 heavy (non-hydrogen) atoms. The lowest BCUT2D eigenvalue weighted by Gasteiger charge is -2.01. The van der Waals surface area contributed by atoms with Crippen LogP contribution >= 0.6 is 0 Å². The van der Waals surface area contributed by atoms with E-state index in [4.69, 9.17) is 9.68 Å². The summed E-state index contributed by atoms with van der Waals surface area (Å²) in [5.41, 5.74) is -0.203. The highest BCUT2D eigenvalue weighted by atomic mass is 16.7. The Morgan fingerprint density at radius 3 is 1.57 bits per heavy atom. The van der Waals surface area contributed by atoms with Crippen LogP contribution in [0.5, 0.6) is 11.5 Å². The van der Waals surface area contributed by atoms with Gasteiger partial charge in [-0.2, -0.15) is 0 Å². The minimum atomic E-state index is -0.609. The fraction of sp³-hybridized carbons (Fsp3) is 0.125. The number of phenols is 2. The Balaban J connectivity index is 1.79. The van der Waals surface area contributed by atoms with Gasteiger partial charge in [0, 0.05) is 35.4 Å². The molecule has 12 nitrogen and oxygen atoms in total. The second kappa shape index (κ2) is 9.47. The molecule has 0 aliphatic carbocycles. The lowest BCUT2D eigenvalue weighted by molar-refractivity contribution is -0.385. The number of rotatable bonds is 9. The van der Waals surface area contributed by atoms with E-state index in [9.17, 15) is 30.4 Å². The number of hydrogen-bond acceptors (Lipinski definition) is 10. The van der Waals surface area contributed by atoms with Gasteiger partial charge in [-0.25, -0.2) is 0 Å². The summed E-state index contributed by atoms with van der Waals surface area (Å²) in [6.45, 7) is -0.0745. The van der Waals surface area contributed by atoms with Gasteiger partial charge in [-0.05, 0) is 12.1 Å². The van der Waals surface area contributed by atoms with Crippen molar-refractivity contribution in [2.45, 2.75) is 0 Å². The molecule has 0 saturated heterocycles. The van der Waals surface area contributed by atoms with Gasteiger partial charge in [0.25, 0.3) is 11.4 Å². The summed E-state index contributed by atoms with van der Waals surface area (Å²) >= 11 is 0. The van der Waals surface area contributed by atoms with Crippen molar-refractivity contribution in [1.29, 1.82) is 0 Å². The Morgan fingerprint density at radius 2 is 1.21 bits per heavy atom. The zero-order valence-corrected chi connectivity index (χ0v) is 14.2. The maximum absolute atomic E-state index is 10.7. The maximum Gasteiger partial charge on any atom is 0.270 e. The molecule has 2 N–H and O–H groups in total. The number of benzene rings is 2. The highest BCUT2D eigenvalue weighted by molar-refractivity contribution is 5.84. The first-order chi connectivity index (χ1) is 13.4. The third-order valence-corrected chi connectivity index (χ3v) is 3.24. The zero-order chi connectivity index (χ0) is 20.5. The van der Waals surface area contributed by atoms with Crippen molar-refractivity contribution in [2.75, 3.05) is 13.2 Å². The van der Waals surface area contributed by atoms with E-state index in [-0.39, 0.29) is 47.2 Å². The van der Waals surface area contributed by atoms with Crippen LogP contribution in [0.1, 0.15) is 11.1 Å². The molecule has 0 fully saturated rings. The topological polar surface area (TPSA) is 170 Å². The van der Waals surface area contributed by atoms with Crippen molar-refractivity contribution in [3.05, 3.63) is 67.8 Å². The summed E-state index contributed by atoms with van der Waals surface area (Å²) in [6, 6.07) is 6.90. The molecule has 0 bridgehead atoms. The van der Waals surface area contributed by atoms with Gasteiger partial charge in [0.1, 0.15) is 11.5 Å². The number of phenolic OH excluding ortho intramolecular Hbond substituents is 2. The van der Waals surface area contributed by atoms with E-state index >= 15 is 0 Å². The highest BCUT2D eigenvalue weighted by Gasteiger charge is 2.09. The van der Waals surface area contributed by atoms with Crippen molar-refractivity contribution in [1.82, 2.24) is 0 Å². The largest absolute Gasteiger partial charge is 0.507 e. The number of oxime groups is 2. The molecule has 0 aliphatic heterocycles. The summed E-state index contributed by atoms with van der Waals surface area (Å²) in [4.78, 5) is 29.9. The maximum atomic E-state index is 10.7. The van der Waals surface area contributed by atoms with Gasteiger partial charge in [0.2, 0.25) is 0 Å². The quantitative estimate of drug-likeness (QED) is 0.284. The van der Waals surface area contributed by atoms with Crippen molar-refractivity contribution in [3.8, 4) is 11.5 Å². The zero-order valence-electron chi connectivity index (χ0n) is 14.2. The second-order valence-corrected chi connectivity index (χ2v) is 5.14. The predicted molar refractivity (Wildman–Crippen MR) is 96.6 cm³/mol. The molecule has 0 aromatic heterocycles. The Bertz CT molecular complexity index is 853. The molecule has 2 aromatic carbocycles. The van der Waals surface area contributed by atoms with E-state index < -0.39 is 9.85 Å². The van der Waals surface area contributed by atoms with Crippen LogP contribution in [0.25, 0.3) is 0 Å². The molecular weight excluding hydrogens is 376 g/mol. The average molecular weight is 390 g/mol. The summed E-state index contributed by atoms with van der Waals surface area (Å²) in [6.07, 6.45) is 2.21. The third kappa shape index (κ3) is 5.66. The van der Waals surface area contributed by atoms with Crippen molar-refractivity contribution >= 4 is 23.8 Å². The Labute approximate surface area is 157 Å². The fourth-order valence-corrected chi connectivity index (χ4v) is 1.89. The first kappa shape index (κ1) is 20.1. The molecule has 0 atom stereocenters. The van der Waals surface area contributed by atoms with Gasteiger partial charge < -0.3 is 19.9 Å². The number of aromatic hydroxyl groups is 2. The normalized spacial score (nSPS) is 11.0. The Kier molecular flexibility index (Phi) is 6.80. The Morgan fingerprint density at radius 1 is 0.821 bits per heavy atom. The second-order valence-electron chi connectivity index (χ2n) is 5.14. The van der Waals surface area contributed by atoms with E-state index in [1.54, 1.807) is 0 Å². The van der Waals surface area contributed by atoms with Crippen LogP contribution in [-0.4, -0.2) is 45.7 Å². The third-order valence-electron chi connectivity index (χ3n) is 3.24. The van der Waals surface area contributed by atoms with Crippen LogP contribution in [0.3, 0.4) is 0 Å². The standard InChI is InChI=1S/C16H14N4O8/c21-15-3-1-13(19(23)24)7-11(15)9-17-27-5-6-28-18-10-12-8-14(20(25)26)2-4-16(12)22/h1-4,7-10,21-22H,5-6H2/b17-9+,18-10+. The minimum Gasteiger partial charge on any atom is -0.507 e. The van der Waals surface area contributed by atoms with Gasteiger partial charge in [-0.1, -0.05) is 10.3 Å². The van der Waals surface area contributed by atoms with E-state index in [0.29, 0.717) is 0 Å². The van der Waals surface area contributed by atoms with Crippen molar-refractivity contribution in [2.24, 2.45) is 10.3 Å². The van der Waals surface area contributed by atoms with Crippen molar-refractivity contribution < 1.29 is 29.7 Å². The van der Waals surface area contributed by atoms with Gasteiger partial charge in [0.15, 0.2) is 13.2 Å². The molecule has 2 rings (SSSR count). The van der Waals surface area contributed by atoms with E-state index in [1.807, 2.05) is 0 Å². The van der Waals surface area contributed by atoms with E-state index in [0.717, 1.165) is 36.7 Å². The number of hydrogen-bond donors (Lipinski definition) is 2. The molecule has 0 spiro atoms.